The molecular weight excluding hydrogens is 266 g/mol. The molecule has 0 radical (unpaired) electrons. The van der Waals surface area contributed by atoms with Crippen LogP contribution in [0.1, 0.15) is 31.7 Å². The fourth-order valence-electron chi connectivity index (χ4n) is 3.52. The fourth-order valence-corrected chi connectivity index (χ4v) is 3.52. The second-order valence-electron chi connectivity index (χ2n) is 6.21. The highest BCUT2D eigenvalue weighted by molar-refractivity contribution is 5.47. The van der Waals surface area contributed by atoms with E-state index in [0.717, 1.165) is 25.2 Å². The van der Waals surface area contributed by atoms with Crippen LogP contribution in [0.2, 0.25) is 0 Å². The molecule has 2 aliphatic heterocycles. The molecule has 2 saturated heterocycles. The molecule has 1 aromatic heterocycles. The fraction of sp³-hybridized carbons (Fsp3) is 0.625. The van der Waals surface area contributed by atoms with Gasteiger partial charge >= 0.3 is 0 Å². The van der Waals surface area contributed by atoms with E-state index >= 15 is 0 Å². The first-order chi connectivity index (χ1) is 10.1. The van der Waals surface area contributed by atoms with Crippen LogP contribution < -0.4 is 4.90 Å². The molecule has 0 spiro atoms. The van der Waals surface area contributed by atoms with E-state index < -0.39 is 5.60 Å². The standard InChI is InChI=1S/C16H21N3O2/c1-16(20)5-8-21-11-13(16)14-3-2-7-19(14)15-9-12(10-17)4-6-18-15/h4,6,9,13-14,20H,2-3,5,7-8,11H2,1H3. The smallest absolute Gasteiger partial charge is 0.130 e. The first kappa shape index (κ1) is 14.3. The Morgan fingerprint density at radius 2 is 2.43 bits per heavy atom. The number of nitrogens with zero attached hydrogens (tertiary/aromatic N) is 3. The van der Waals surface area contributed by atoms with Crippen molar-refractivity contribution in [2.75, 3.05) is 24.7 Å². The van der Waals surface area contributed by atoms with Crippen LogP contribution in [0.3, 0.4) is 0 Å². The molecule has 1 N–H and O–H groups in total. The lowest BCUT2D eigenvalue weighted by Gasteiger charge is -2.43. The molecule has 21 heavy (non-hydrogen) atoms. The van der Waals surface area contributed by atoms with Gasteiger partial charge in [-0.2, -0.15) is 5.26 Å². The van der Waals surface area contributed by atoms with E-state index in [1.165, 1.54) is 0 Å². The molecule has 0 aliphatic carbocycles. The van der Waals surface area contributed by atoms with Crippen molar-refractivity contribution in [2.45, 2.75) is 37.8 Å². The Morgan fingerprint density at radius 3 is 3.19 bits per heavy atom. The monoisotopic (exact) mass is 287 g/mol. The normalized spacial score (nSPS) is 32.9. The zero-order valence-electron chi connectivity index (χ0n) is 12.3. The number of rotatable bonds is 2. The van der Waals surface area contributed by atoms with Crippen molar-refractivity contribution in [1.82, 2.24) is 4.98 Å². The summed E-state index contributed by atoms with van der Waals surface area (Å²) < 4.78 is 5.60. The van der Waals surface area contributed by atoms with Gasteiger partial charge in [-0.3, -0.25) is 0 Å². The number of aliphatic hydroxyl groups is 1. The van der Waals surface area contributed by atoms with Gasteiger partial charge in [0.1, 0.15) is 5.82 Å². The molecule has 112 valence electrons. The maximum absolute atomic E-state index is 10.7. The highest BCUT2D eigenvalue weighted by Gasteiger charge is 2.44. The van der Waals surface area contributed by atoms with Crippen LogP contribution in [0.25, 0.3) is 0 Å². The summed E-state index contributed by atoms with van der Waals surface area (Å²) in [7, 11) is 0. The van der Waals surface area contributed by atoms with Gasteiger partial charge in [0.2, 0.25) is 0 Å². The third kappa shape index (κ3) is 2.74. The minimum absolute atomic E-state index is 0.0845. The summed E-state index contributed by atoms with van der Waals surface area (Å²) >= 11 is 0. The number of nitriles is 1. The number of hydrogen-bond donors (Lipinski definition) is 1. The molecule has 5 heteroatoms. The van der Waals surface area contributed by atoms with Crippen molar-refractivity contribution in [3.8, 4) is 6.07 Å². The SMILES string of the molecule is CC1(O)CCOCC1C1CCCN1c1cc(C#N)ccn1. The van der Waals surface area contributed by atoms with Gasteiger partial charge in [-0.05, 0) is 38.3 Å². The molecule has 2 fully saturated rings. The van der Waals surface area contributed by atoms with E-state index in [1.54, 1.807) is 12.3 Å². The Labute approximate surface area is 125 Å². The first-order valence-corrected chi connectivity index (χ1v) is 7.55. The lowest BCUT2D eigenvalue weighted by atomic mass is 9.79. The van der Waals surface area contributed by atoms with Gasteiger partial charge in [0.15, 0.2) is 0 Å². The zero-order chi connectivity index (χ0) is 14.9. The van der Waals surface area contributed by atoms with E-state index in [0.29, 0.717) is 25.2 Å². The van der Waals surface area contributed by atoms with Gasteiger partial charge in [-0.1, -0.05) is 0 Å². The summed E-state index contributed by atoms with van der Waals surface area (Å²) in [6, 6.07) is 5.93. The quantitative estimate of drug-likeness (QED) is 0.896. The Balaban J connectivity index is 1.86. The highest BCUT2D eigenvalue weighted by Crippen LogP contribution is 2.37. The van der Waals surface area contributed by atoms with Crippen molar-refractivity contribution in [3.63, 3.8) is 0 Å². The molecule has 1 aromatic rings. The van der Waals surface area contributed by atoms with E-state index in [-0.39, 0.29) is 12.0 Å². The van der Waals surface area contributed by atoms with Crippen molar-refractivity contribution >= 4 is 5.82 Å². The molecule has 3 unspecified atom stereocenters. The number of ether oxygens (including phenoxy) is 1. The van der Waals surface area contributed by atoms with Crippen molar-refractivity contribution in [3.05, 3.63) is 23.9 Å². The lowest BCUT2D eigenvalue weighted by molar-refractivity contribution is -0.108. The minimum atomic E-state index is -0.696. The summed E-state index contributed by atoms with van der Waals surface area (Å²) in [4.78, 5) is 6.65. The molecule has 3 heterocycles. The Bertz CT molecular complexity index is 553. The van der Waals surface area contributed by atoms with Gasteiger partial charge in [-0.15, -0.1) is 0 Å². The molecular formula is C16H21N3O2. The van der Waals surface area contributed by atoms with Crippen LogP contribution in [0.5, 0.6) is 0 Å². The predicted octanol–water partition coefficient (Wildman–Crippen LogP) is 1.71. The lowest BCUT2D eigenvalue weighted by Crippen LogP contribution is -2.52. The maximum atomic E-state index is 10.7. The van der Waals surface area contributed by atoms with Crippen LogP contribution in [0.4, 0.5) is 5.82 Å². The van der Waals surface area contributed by atoms with E-state index in [2.05, 4.69) is 16.0 Å². The molecule has 2 aliphatic rings. The van der Waals surface area contributed by atoms with Gasteiger partial charge in [0.05, 0.1) is 23.8 Å². The van der Waals surface area contributed by atoms with Crippen LogP contribution in [-0.2, 0) is 4.74 Å². The van der Waals surface area contributed by atoms with E-state index in [9.17, 15) is 5.11 Å². The molecule has 0 aromatic carbocycles. The average molecular weight is 287 g/mol. The molecule has 3 atom stereocenters. The molecule has 0 amide bonds. The van der Waals surface area contributed by atoms with Gasteiger partial charge < -0.3 is 14.7 Å². The second-order valence-corrected chi connectivity index (χ2v) is 6.21. The topological polar surface area (TPSA) is 69.4 Å². The molecule has 0 saturated carbocycles. The Morgan fingerprint density at radius 1 is 1.57 bits per heavy atom. The largest absolute Gasteiger partial charge is 0.390 e. The first-order valence-electron chi connectivity index (χ1n) is 7.55. The molecule has 0 bridgehead atoms. The highest BCUT2D eigenvalue weighted by atomic mass is 16.5. The Hall–Kier alpha value is -1.64. The number of aromatic nitrogens is 1. The van der Waals surface area contributed by atoms with Crippen molar-refractivity contribution in [2.24, 2.45) is 5.92 Å². The van der Waals surface area contributed by atoms with Crippen LogP contribution in [0, 0.1) is 17.2 Å². The number of anilines is 1. The summed E-state index contributed by atoms with van der Waals surface area (Å²) in [5.41, 5.74) is -0.0736. The van der Waals surface area contributed by atoms with Gasteiger partial charge in [-0.25, -0.2) is 4.98 Å². The van der Waals surface area contributed by atoms with Crippen molar-refractivity contribution < 1.29 is 9.84 Å². The van der Waals surface area contributed by atoms with Gasteiger partial charge in [0.25, 0.3) is 0 Å². The maximum Gasteiger partial charge on any atom is 0.130 e. The Kier molecular flexibility index (Phi) is 3.83. The minimum Gasteiger partial charge on any atom is -0.390 e. The van der Waals surface area contributed by atoms with Crippen molar-refractivity contribution in [1.29, 1.82) is 5.26 Å². The third-order valence-corrected chi connectivity index (χ3v) is 4.78. The number of hydrogen-bond acceptors (Lipinski definition) is 5. The third-order valence-electron chi connectivity index (χ3n) is 4.78. The average Bonchev–Trinajstić information content (AvgIpc) is 2.96. The molecule has 5 nitrogen and oxygen atoms in total. The predicted molar refractivity (Wildman–Crippen MR) is 78.9 cm³/mol. The van der Waals surface area contributed by atoms with Crippen LogP contribution in [0.15, 0.2) is 18.3 Å². The van der Waals surface area contributed by atoms with E-state index in [4.69, 9.17) is 10.00 Å². The zero-order valence-corrected chi connectivity index (χ0v) is 12.3. The van der Waals surface area contributed by atoms with Crippen LogP contribution in [-0.4, -0.2) is 41.5 Å². The summed E-state index contributed by atoms with van der Waals surface area (Å²) in [5, 5.41) is 19.7. The summed E-state index contributed by atoms with van der Waals surface area (Å²) in [6.07, 6.45) is 4.46. The van der Waals surface area contributed by atoms with E-state index in [1.807, 2.05) is 13.0 Å². The summed E-state index contributed by atoms with van der Waals surface area (Å²) in [5.74, 6) is 0.916. The number of pyridine rings is 1. The second kappa shape index (κ2) is 5.63. The van der Waals surface area contributed by atoms with Crippen LogP contribution >= 0.6 is 0 Å². The summed E-state index contributed by atoms with van der Waals surface area (Å²) in [6.45, 7) is 4.04. The molecule has 3 rings (SSSR count). The van der Waals surface area contributed by atoms with Gasteiger partial charge in [0, 0.05) is 31.3 Å².